The highest BCUT2D eigenvalue weighted by atomic mass is 127. The smallest absolute Gasteiger partial charge is 0.145 e. The van der Waals surface area contributed by atoms with Gasteiger partial charge in [-0.1, -0.05) is 20.8 Å². The van der Waals surface area contributed by atoms with Gasteiger partial charge in [-0.15, -0.1) is 0 Å². The Morgan fingerprint density at radius 1 is 1.38 bits per heavy atom. The van der Waals surface area contributed by atoms with Gasteiger partial charge in [0.15, 0.2) is 0 Å². The minimum absolute atomic E-state index is 0.205. The topological polar surface area (TPSA) is 35.2 Å². The van der Waals surface area contributed by atoms with Gasteiger partial charge in [-0.05, 0) is 40.5 Å². The van der Waals surface area contributed by atoms with E-state index in [0.717, 1.165) is 6.42 Å². The Morgan fingerprint density at radius 3 is 2.56 bits per heavy atom. The Bertz CT molecular complexity index is 374. The molecule has 0 heterocycles. The normalized spacial score (nSPS) is 11.6. The minimum atomic E-state index is -0.291. The summed E-state index contributed by atoms with van der Waals surface area (Å²) in [5.74, 6) is 0.141. The summed E-state index contributed by atoms with van der Waals surface area (Å²) in [5.41, 5.74) is 6.43. The van der Waals surface area contributed by atoms with Crippen molar-refractivity contribution in [1.82, 2.24) is 0 Å². The van der Waals surface area contributed by atoms with Crippen molar-refractivity contribution in [2.24, 2.45) is 5.41 Å². The van der Waals surface area contributed by atoms with Crippen molar-refractivity contribution in [1.29, 1.82) is 0 Å². The number of nitrogens with two attached hydrogens (primary N) is 1. The fourth-order valence-corrected chi connectivity index (χ4v) is 1.63. The van der Waals surface area contributed by atoms with Gasteiger partial charge in [0.05, 0.1) is 15.9 Å². The zero-order valence-electron chi connectivity index (χ0n) is 9.81. The zero-order chi connectivity index (χ0) is 12.3. The van der Waals surface area contributed by atoms with Crippen LogP contribution in [0, 0.1) is 14.8 Å². The molecule has 0 saturated heterocycles. The second-order valence-electron chi connectivity index (χ2n) is 4.96. The highest BCUT2D eigenvalue weighted by Crippen LogP contribution is 2.27. The van der Waals surface area contributed by atoms with E-state index in [4.69, 9.17) is 10.5 Å². The van der Waals surface area contributed by atoms with Gasteiger partial charge in [-0.3, -0.25) is 0 Å². The lowest BCUT2D eigenvalue weighted by Crippen LogP contribution is -2.11. The van der Waals surface area contributed by atoms with Crippen molar-refractivity contribution in [2.75, 3.05) is 12.3 Å². The molecule has 0 bridgehead atoms. The van der Waals surface area contributed by atoms with E-state index in [0.29, 0.717) is 21.6 Å². The molecule has 0 atom stereocenters. The lowest BCUT2D eigenvalue weighted by atomic mass is 9.93. The molecule has 1 aromatic carbocycles. The minimum Gasteiger partial charge on any atom is -0.491 e. The van der Waals surface area contributed by atoms with Gasteiger partial charge in [0.25, 0.3) is 0 Å². The van der Waals surface area contributed by atoms with Gasteiger partial charge >= 0.3 is 0 Å². The van der Waals surface area contributed by atoms with E-state index in [-0.39, 0.29) is 11.2 Å². The Kier molecular flexibility index (Phi) is 4.41. The average Bonchev–Trinajstić information content (AvgIpc) is 2.11. The van der Waals surface area contributed by atoms with Crippen LogP contribution in [-0.4, -0.2) is 6.61 Å². The predicted molar refractivity (Wildman–Crippen MR) is 73.1 cm³/mol. The molecule has 0 aliphatic heterocycles. The molecular formula is C12H17FINO. The van der Waals surface area contributed by atoms with Gasteiger partial charge in [-0.2, -0.15) is 0 Å². The lowest BCUT2D eigenvalue weighted by molar-refractivity contribution is 0.243. The Morgan fingerprint density at radius 2 is 2.00 bits per heavy atom. The largest absolute Gasteiger partial charge is 0.491 e. The first kappa shape index (κ1) is 13.5. The van der Waals surface area contributed by atoms with Crippen molar-refractivity contribution >= 4 is 28.3 Å². The Balaban J connectivity index is 2.64. The maximum atomic E-state index is 13.3. The first-order chi connectivity index (χ1) is 7.29. The highest BCUT2D eigenvalue weighted by Gasteiger charge is 2.11. The molecule has 2 N–H and O–H groups in total. The van der Waals surface area contributed by atoms with Crippen LogP contribution in [0.3, 0.4) is 0 Å². The second-order valence-corrected chi connectivity index (χ2v) is 6.13. The molecule has 1 aromatic rings. The number of nitrogen functional groups attached to an aromatic ring is 1. The van der Waals surface area contributed by atoms with E-state index in [1.165, 1.54) is 6.07 Å². The molecule has 0 aliphatic rings. The van der Waals surface area contributed by atoms with Crippen LogP contribution in [0.2, 0.25) is 0 Å². The van der Waals surface area contributed by atoms with E-state index in [2.05, 4.69) is 20.8 Å². The standard InChI is InChI=1S/C12H17FINO/c1-12(2,3)4-5-16-11-6-8(13)9(14)7-10(11)15/h6-7H,4-5,15H2,1-3H3. The molecule has 16 heavy (non-hydrogen) atoms. The van der Waals surface area contributed by atoms with Crippen molar-refractivity contribution in [2.45, 2.75) is 27.2 Å². The van der Waals surface area contributed by atoms with Gasteiger partial charge < -0.3 is 10.5 Å². The number of benzene rings is 1. The van der Waals surface area contributed by atoms with Crippen molar-refractivity contribution in [3.8, 4) is 5.75 Å². The number of anilines is 1. The van der Waals surface area contributed by atoms with Crippen LogP contribution in [-0.2, 0) is 0 Å². The number of hydrogen-bond donors (Lipinski definition) is 1. The molecule has 0 radical (unpaired) electrons. The van der Waals surface area contributed by atoms with Gasteiger partial charge in [0.2, 0.25) is 0 Å². The Labute approximate surface area is 110 Å². The van der Waals surface area contributed by atoms with Crippen LogP contribution < -0.4 is 10.5 Å². The highest BCUT2D eigenvalue weighted by molar-refractivity contribution is 14.1. The van der Waals surface area contributed by atoms with Crippen LogP contribution in [0.4, 0.5) is 10.1 Å². The molecule has 0 saturated carbocycles. The van der Waals surface area contributed by atoms with Crippen LogP contribution in [0.25, 0.3) is 0 Å². The maximum absolute atomic E-state index is 13.3. The fourth-order valence-electron chi connectivity index (χ4n) is 1.14. The summed E-state index contributed by atoms with van der Waals surface area (Å²) in [6, 6.07) is 2.93. The van der Waals surface area contributed by atoms with E-state index in [1.54, 1.807) is 6.07 Å². The molecule has 0 unspecified atom stereocenters. The molecule has 1 rings (SSSR count). The van der Waals surface area contributed by atoms with Crippen LogP contribution in [0.5, 0.6) is 5.75 Å². The first-order valence-electron chi connectivity index (χ1n) is 5.17. The quantitative estimate of drug-likeness (QED) is 0.672. The summed E-state index contributed by atoms with van der Waals surface area (Å²) in [7, 11) is 0. The van der Waals surface area contributed by atoms with Crippen molar-refractivity contribution in [3.63, 3.8) is 0 Å². The van der Waals surface area contributed by atoms with E-state index in [9.17, 15) is 4.39 Å². The predicted octanol–water partition coefficient (Wildman–Crippen LogP) is 3.83. The SMILES string of the molecule is CC(C)(C)CCOc1cc(F)c(I)cc1N. The van der Waals surface area contributed by atoms with Gasteiger partial charge in [-0.25, -0.2) is 4.39 Å². The van der Waals surface area contributed by atoms with E-state index >= 15 is 0 Å². The molecule has 2 nitrogen and oxygen atoms in total. The number of rotatable bonds is 3. The molecule has 0 aliphatic carbocycles. The average molecular weight is 337 g/mol. The zero-order valence-corrected chi connectivity index (χ0v) is 12.0. The first-order valence-corrected chi connectivity index (χ1v) is 6.25. The van der Waals surface area contributed by atoms with Crippen molar-refractivity contribution < 1.29 is 9.13 Å². The lowest BCUT2D eigenvalue weighted by Gasteiger charge is -2.18. The maximum Gasteiger partial charge on any atom is 0.145 e. The van der Waals surface area contributed by atoms with Gasteiger partial charge in [0.1, 0.15) is 11.6 Å². The molecule has 0 aromatic heterocycles. The van der Waals surface area contributed by atoms with Crippen LogP contribution in [0.15, 0.2) is 12.1 Å². The van der Waals surface area contributed by atoms with Crippen LogP contribution in [0.1, 0.15) is 27.2 Å². The Hall–Kier alpha value is -0.520. The van der Waals surface area contributed by atoms with Gasteiger partial charge in [0, 0.05) is 6.07 Å². The summed E-state index contributed by atoms with van der Waals surface area (Å²) in [4.78, 5) is 0. The van der Waals surface area contributed by atoms with Crippen LogP contribution >= 0.6 is 22.6 Å². The summed E-state index contributed by atoms with van der Waals surface area (Å²) < 4.78 is 19.3. The third-order valence-corrected chi connectivity index (χ3v) is 2.99. The summed E-state index contributed by atoms with van der Waals surface area (Å²) in [6.07, 6.45) is 0.903. The third-order valence-electron chi connectivity index (χ3n) is 2.16. The summed E-state index contributed by atoms with van der Waals surface area (Å²) >= 11 is 1.91. The molecular weight excluding hydrogens is 320 g/mol. The summed E-state index contributed by atoms with van der Waals surface area (Å²) in [6.45, 7) is 6.95. The van der Waals surface area contributed by atoms with E-state index < -0.39 is 0 Å². The number of halogens is 2. The van der Waals surface area contributed by atoms with Crippen molar-refractivity contribution in [3.05, 3.63) is 21.5 Å². The number of ether oxygens (including phenoxy) is 1. The molecule has 90 valence electrons. The molecule has 0 spiro atoms. The summed E-state index contributed by atoms with van der Waals surface area (Å²) in [5, 5.41) is 0. The monoisotopic (exact) mass is 337 g/mol. The third kappa shape index (κ3) is 4.15. The molecule has 0 fully saturated rings. The second kappa shape index (κ2) is 5.21. The fraction of sp³-hybridized carbons (Fsp3) is 0.500. The van der Waals surface area contributed by atoms with E-state index in [1.807, 2.05) is 22.6 Å². The molecule has 0 amide bonds. The molecule has 4 heteroatoms. The number of hydrogen-bond acceptors (Lipinski definition) is 2.